The van der Waals surface area contributed by atoms with E-state index in [1.54, 1.807) is 26.9 Å². The normalized spacial score (nSPS) is 31.6. The van der Waals surface area contributed by atoms with Gasteiger partial charge in [0.05, 0.1) is 30.6 Å². The largest absolute Gasteiger partial charge is 0.394 e. The number of likely N-dealkylation sites (tertiary alicyclic amines) is 1. The van der Waals surface area contributed by atoms with Crippen molar-refractivity contribution in [2.75, 3.05) is 26.2 Å². The highest BCUT2D eigenvalue weighted by Crippen LogP contribution is 2.61. The van der Waals surface area contributed by atoms with Crippen LogP contribution >= 0.6 is 15.9 Å². The number of hydrogen-bond acceptors (Lipinski definition) is 5. The number of hydrogen-bond donors (Lipinski definition) is 1. The molecule has 3 fully saturated rings. The van der Waals surface area contributed by atoms with Crippen LogP contribution in [0.3, 0.4) is 0 Å². The van der Waals surface area contributed by atoms with Crippen molar-refractivity contribution < 1.29 is 24.2 Å². The molecule has 3 aliphatic rings. The van der Waals surface area contributed by atoms with Gasteiger partial charge in [0.2, 0.25) is 17.7 Å². The molecule has 0 saturated carbocycles. The smallest absolute Gasteiger partial charge is 0.248 e. The average Bonchev–Trinajstić information content (AvgIpc) is 3.40. The number of carbonyl (C=O) groups is 3. The number of aliphatic hydroxyl groups is 1. The first-order chi connectivity index (χ1) is 17.0. The van der Waals surface area contributed by atoms with E-state index in [0.29, 0.717) is 26.1 Å². The summed E-state index contributed by atoms with van der Waals surface area (Å²) in [6, 6.07) is -1.63. The second-order valence-corrected chi connectivity index (χ2v) is 12.0. The molecule has 3 heterocycles. The lowest BCUT2D eigenvalue weighted by Crippen LogP contribution is -2.60. The minimum Gasteiger partial charge on any atom is -0.394 e. The molecule has 0 aromatic carbocycles. The van der Waals surface area contributed by atoms with Crippen molar-refractivity contribution in [3.8, 4) is 0 Å². The molecule has 0 aliphatic carbocycles. The fourth-order valence-corrected chi connectivity index (χ4v) is 7.33. The van der Waals surface area contributed by atoms with Crippen LogP contribution in [0, 0.1) is 17.8 Å². The van der Waals surface area contributed by atoms with Crippen molar-refractivity contribution in [3.05, 3.63) is 25.3 Å². The molecule has 0 radical (unpaired) electrons. The summed E-state index contributed by atoms with van der Waals surface area (Å²) in [7, 11) is 0. The van der Waals surface area contributed by atoms with E-state index in [-0.39, 0.29) is 41.1 Å². The van der Waals surface area contributed by atoms with Crippen molar-refractivity contribution in [2.45, 2.75) is 82.1 Å². The summed E-state index contributed by atoms with van der Waals surface area (Å²) < 4.78 is 6.62. The highest BCUT2D eigenvalue weighted by molar-refractivity contribution is 9.09. The summed E-state index contributed by atoms with van der Waals surface area (Å²) >= 11 is 3.72. The maximum Gasteiger partial charge on any atom is 0.248 e. The van der Waals surface area contributed by atoms with Gasteiger partial charge in [0.1, 0.15) is 11.6 Å². The first-order valence-electron chi connectivity index (χ1n) is 13.1. The maximum atomic E-state index is 14.2. The minimum atomic E-state index is -1.14. The summed E-state index contributed by atoms with van der Waals surface area (Å²) in [6.45, 7) is 18.3. The number of alkyl halides is 1. The fraction of sp³-hybridized carbons (Fsp3) is 0.741. The van der Waals surface area contributed by atoms with Crippen LogP contribution in [0.1, 0.15) is 47.5 Å². The van der Waals surface area contributed by atoms with Crippen molar-refractivity contribution in [3.63, 3.8) is 0 Å². The van der Waals surface area contributed by atoms with Crippen LogP contribution < -0.4 is 0 Å². The van der Waals surface area contributed by atoms with E-state index >= 15 is 0 Å². The number of carbonyl (C=O) groups excluding carboxylic acids is 3. The molecule has 3 aliphatic heterocycles. The maximum absolute atomic E-state index is 14.2. The standard InChI is InChI=1S/C27H42BrN3O5/c1-8-11-29(12-9-2)24(33)20-21-25(34)31(19(15-32)16(4)5)23(26(35)30(13-10-3)17(6)7)27(21)14-18(28)22(20)36-27/h8,10,16-23,32H,1,3,9,11-15H2,2,4-7H3/t18?,19-,20-,21-,22-,23?,27?/m0/s1. The van der Waals surface area contributed by atoms with Gasteiger partial charge in [-0.25, -0.2) is 0 Å². The molecule has 8 nitrogen and oxygen atoms in total. The molecular formula is C27H42BrN3O5. The molecule has 3 unspecified atom stereocenters. The SMILES string of the molecule is C=CCN(CCC)C(=O)[C@H]1[C@H]2C(=O)N([C@@H](CO)C(C)C)C(C(=O)N(CC=C)C(C)C)C23CC(Br)[C@@H]1O3. The summed E-state index contributed by atoms with van der Waals surface area (Å²) in [5.41, 5.74) is -1.14. The fourth-order valence-electron chi connectivity index (χ4n) is 6.39. The van der Waals surface area contributed by atoms with Gasteiger partial charge in [-0.15, -0.1) is 13.2 Å². The van der Waals surface area contributed by atoms with Gasteiger partial charge < -0.3 is 24.5 Å². The number of fused-ring (bicyclic) bond motifs is 1. The second-order valence-electron chi connectivity index (χ2n) is 10.8. The van der Waals surface area contributed by atoms with E-state index in [1.165, 1.54) is 0 Å². The van der Waals surface area contributed by atoms with Crippen LogP contribution in [-0.4, -0.2) is 98.4 Å². The molecule has 1 spiro atoms. The molecule has 7 atom stereocenters. The molecule has 1 N–H and O–H groups in total. The monoisotopic (exact) mass is 567 g/mol. The molecule has 9 heteroatoms. The lowest BCUT2D eigenvalue weighted by Gasteiger charge is -2.41. The Morgan fingerprint density at radius 2 is 1.86 bits per heavy atom. The summed E-state index contributed by atoms with van der Waals surface area (Å²) in [6.07, 6.45) is 4.07. The Labute approximate surface area is 223 Å². The van der Waals surface area contributed by atoms with Crippen molar-refractivity contribution in [2.24, 2.45) is 17.8 Å². The Bertz CT molecular complexity index is 879. The van der Waals surface area contributed by atoms with Crippen molar-refractivity contribution in [1.29, 1.82) is 0 Å². The molecule has 3 rings (SSSR count). The Kier molecular flexibility index (Phi) is 9.10. The van der Waals surface area contributed by atoms with Crippen LogP contribution in [0.5, 0.6) is 0 Å². The van der Waals surface area contributed by atoms with E-state index in [2.05, 4.69) is 29.1 Å². The third kappa shape index (κ3) is 4.56. The van der Waals surface area contributed by atoms with Crippen LogP contribution in [0.25, 0.3) is 0 Å². The molecule has 3 amide bonds. The summed E-state index contributed by atoms with van der Waals surface area (Å²) in [5, 5.41) is 10.3. The second kappa shape index (κ2) is 11.4. The highest BCUT2D eigenvalue weighted by Gasteiger charge is 2.77. The molecule has 2 bridgehead atoms. The van der Waals surface area contributed by atoms with Gasteiger partial charge in [0.15, 0.2) is 0 Å². The Morgan fingerprint density at radius 1 is 1.22 bits per heavy atom. The van der Waals surface area contributed by atoms with Crippen molar-refractivity contribution in [1.82, 2.24) is 14.7 Å². The zero-order valence-corrected chi connectivity index (χ0v) is 23.8. The van der Waals surface area contributed by atoms with Crippen LogP contribution in [0.4, 0.5) is 0 Å². The topological polar surface area (TPSA) is 90.4 Å². The number of nitrogens with zero attached hydrogens (tertiary/aromatic N) is 3. The number of rotatable bonds is 12. The molecule has 36 heavy (non-hydrogen) atoms. The first-order valence-corrected chi connectivity index (χ1v) is 14.0. The van der Waals surface area contributed by atoms with Gasteiger partial charge in [0.25, 0.3) is 0 Å². The number of halogens is 1. The molecule has 3 saturated heterocycles. The lowest BCUT2D eigenvalue weighted by molar-refractivity contribution is -0.153. The van der Waals surface area contributed by atoms with Crippen LogP contribution in [-0.2, 0) is 19.1 Å². The van der Waals surface area contributed by atoms with E-state index in [0.717, 1.165) is 6.42 Å². The highest BCUT2D eigenvalue weighted by atomic mass is 79.9. The Hall–Kier alpha value is -1.71. The van der Waals surface area contributed by atoms with E-state index in [1.807, 2.05) is 34.6 Å². The van der Waals surface area contributed by atoms with Gasteiger partial charge in [-0.2, -0.15) is 0 Å². The third-order valence-electron chi connectivity index (χ3n) is 7.95. The van der Waals surface area contributed by atoms with Crippen LogP contribution in [0.2, 0.25) is 0 Å². The Morgan fingerprint density at radius 3 is 2.36 bits per heavy atom. The van der Waals surface area contributed by atoms with E-state index < -0.39 is 35.6 Å². The zero-order chi connectivity index (χ0) is 26.9. The van der Waals surface area contributed by atoms with E-state index in [9.17, 15) is 19.5 Å². The lowest BCUT2D eigenvalue weighted by atomic mass is 9.70. The van der Waals surface area contributed by atoms with Gasteiger partial charge in [-0.3, -0.25) is 14.4 Å². The average molecular weight is 569 g/mol. The predicted molar refractivity (Wildman–Crippen MR) is 142 cm³/mol. The van der Waals surface area contributed by atoms with Crippen LogP contribution in [0.15, 0.2) is 25.3 Å². The van der Waals surface area contributed by atoms with Gasteiger partial charge in [-0.1, -0.05) is 48.9 Å². The first kappa shape index (κ1) is 28.9. The summed E-state index contributed by atoms with van der Waals surface area (Å²) in [5.74, 6) is -2.24. The molecule has 0 aromatic heterocycles. The molecule has 0 aromatic rings. The third-order valence-corrected chi connectivity index (χ3v) is 8.79. The van der Waals surface area contributed by atoms with Gasteiger partial charge in [0, 0.05) is 30.5 Å². The van der Waals surface area contributed by atoms with Crippen molar-refractivity contribution >= 4 is 33.7 Å². The number of ether oxygens (including phenoxy) is 1. The number of aliphatic hydroxyl groups excluding tert-OH is 1. The number of amides is 3. The minimum absolute atomic E-state index is 0.0974. The zero-order valence-electron chi connectivity index (χ0n) is 22.2. The Balaban J connectivity index is 2.16. The van der Waals surface area contributed by atoms with Gasteiger partial charge in [-0.05, 0) is 32.6 Å². The summed E-state index contributed by atoms with van der Waals surface area (Å²) in [4.78, 5) is 47.2. The quantitative estimate of drug-likeness (QED) is 0.289. The predicted octanol–water partition coefficient (Wildman–Crippen LogP) is 2.60. The van der Waals surface area contributed by atoms with E-state index in [4.69, 9.17) is 4.74 Å². The molecular weight excluding hydrogens is 526 g/mol. The molecule has 202 valence electrons. The van der Waals surface area contributed by atoms with Gasteiger partial charge >= 0.3 is 0 Å².